The third-order valence-corrected chi connectivity index (χ3v) is 5.40. The van der Waals surface area contributed by atoms with E-state index in [-0.39, 0.29) is 16.9 Å². The van der Waals surface area contributed by atoms with Gasteiger partial charge in [-0.2, -0.15) is 0 Å². The maximum atomic E-state index is 12.5. The van der Waals surface area contributed by atoms with Gasteiger partial charge in [0.15, 0.2) is 0 Å². The number of halogens is 1. The first-order chi connectivity index (χ1) is 12.5. The highest BCUT2D eigenvalue weighted by atomic mass is 35.5. The van der Waals surface area contributed by atoms with Crippen molar-refractivity contribution in [1.29, 1.82) is 0 Å². The minimum Gasteiger partial charge on any atom is -0.351 e. The van der Waals surface area contributed by atoms with Crippen molar-refractivity contribution < 1.29 is 4.79 Å². The van der Waals surface area contributed by atoms with Crippen molar-refractivity contribution in [2.45, 2.75) is 26.3 Å². The average Bonchev–Trinajstić information content (AvgIpc) is 2.64. The molecule has 1 amide bonds. The minimum absolute atomic E-state index is 0.118. The molecule has 1 aromatic heterocycles. The van der Waals surface area contributed by atoms with Gasteiger partial charge in [0.2, 0.25) is 0 Å². The summed E-state index contributed by atoms with van der Waals surface area (Å²) in [5.41, 5.74) is 1.28. The minimum atomic E-state index is -0.160. The molecule has 2 heterocycles. The molecule has 1 aliphatic rings. The summed E-state index contributed by atoms with van der Waals surface area (Å²) in [4.78, 5) is 24.7. The number of nitrogens with zero attached hydrogens (tertiary/aromatic N) is 1. The van der Waals surface area contributed by atoms with Crippen LogP contribution < -0.4 is 16.2 Å². The lowest BCUT2D eigenvalue weighted by atomic mass is 9.81. The first kappa shape index (κ1) is 18.7. The summed E-state index contributed by atoms with van der Waals surface area (Å²) >= 11 is 6.18. The fourth-order valence-corrected chi connectivity index (χ4v) is 3.40. The molecule has 0 radical (unpaired) electrons. The molecule has 6 heteroatoms. The van der Waals surface area contributed by atoms with Crippen molar-refractivity contribution in [3.8, 4) is 0 Å². The Bertz CT molecular complexity index is 841. The average molecular weight is 374 g/mol. The number of hydrogen-bond donors (Lipinski definition) is 2. The van der Waals surface area contributed by atoms with E-state index in [1.807, 2.05) is 18.2 Å². The smallest absolute Gasteiger partial charge is 0.252 e. The van der Waals surface area contributed by atoms with Gasteiger partial charge in [0.1, 0.15) is 0 Å². The third kappa shape index (κ3) is 4.54. The number of carbonyl (C=O) groups excluding carboxylic acids is 1. The number of benzene rings is 1. The van der Waals surface area contributed by atoms with Gasteiger partial charge in [-0.3, -0.25) is 9.59 Å². The Morgan fingerprint density at radius 3 is 2.69 bits per heavy atom. The first-order valence-corrected chi connectivity index (χ1v) is 9.27. The Kier molecular flexibility index (Phi) is 5.79. The van der Waals surface area contributed by atoms with E-state index in [1.165, 1.54) is 10.6 Å². The number of amides is 1. The maximum Gasteiger partial charge on any atom is 0.252 e. The van der Waals surface area contributed by atoms with E-state index < -0.39 is 0 Å². The molecule has 0 spiro atoms. The van der Waals surface area contributed by atoms with Crippen LogP contribution in [-0.2, 0) is 6.54 Å². The van der Waals surface area contributed by atoms with Crippen molar-refractivity contribution in [3.63, 3.8) is 0 Å². The molecule has 0 bridgehead atoms. The van der Waals surface area contributed by atoms with Crippen LogP contribution in [0.2, 0.25) is 5.02 Å². The lowest BCUT2D eigenvalue weighted by molar-refractivity contribution is 0.0921. The molecule has 2 aromatic rings. The van der Waals surface area contributed by atoms with E-state index in [0.29, 0.717) is 23.7 Å². The monoisotopic (exact) mass is 373 g/mol. The van der Waals surface area contributed by atoms with E-state index in [1.54, 1.807) is 18.3 Å². The molecule has 0 saturated carbocycles. The van der Waals surface area contributed by atoms with Gasteiger partial charge in [0.05, 0.1) is 12.1 Å². The summed E-state index contributed by atoms with van der Waals surface area (Å²) in [5.74, 6) is -0.155. The molecular weight excluding hydrogens is 350 g/mol. The summed E-state index contributed by atoms with van der Waals surface area (Å²) in [5, 5.41) is 6.97. The molecular formula is C20H24ClN3O2. The predicted molar refractivity (Wildman–Crippen MR) is 104 cm³/mol. The fourth-order valence-electron chi connectivity index (χ4n) is 3.20. The highest BCUT2D eigenvalue weighted by molar-refractivity contribution is 6.31. The highest BCUT2D eigenvalue weighted by Gasteiger charge is 2.27. The number of nitrogens with one attached hydrogen (secondary N) is 2. The van der Waals surface area contributed by atoms with E-state index in [2.05, 4.69) is 17.6 Å². The van der Waals surface area contributed by atoms with Crippen LogP contribution in [0.1, 0.15) is 35.7 Å². The largest absolute Gasteiger partial charge is 0.351 e. The molecule has 1 aliphatic heterocycles. The van der Waals surface area contributed by atoms with Gasteiger partial charge in [0.25, 0.3) is 11.5 Å². The zero-order valence-corrected chi connectivity index (χ0v) is 15.7. The van der Waals surface area contributed by atoms with Gasteiger partial charge in [-0.05, 0) is 49.0 Å². The highest BCUT2D eigenvalue weighted by Crippen LogP contribution is 2.26. The molecule has 2 N–H and O–H groups in total. The summed E-state index contributed by atoms with van der Waals surface area (Å²) in [6, 6.07) is 10.4. The molecule has 0 aliphatic carbocycles. The van der Waals surface area contributed by atoms with Crippen molar-refractivity contribution in [2.24, 2.45) is 5.41 Å². The first-order valence-electron chi connectivity index (χ1n) is 8.90. The van der Waals surface area contributed by atoms with Crippen LogP contribution in [0.4, 0.5) is 0 Å². The number of carbonyl (C=O) groups is 1. The maximum absolute atomic E-state index is 12.5. The van der Waals surface area contributed by atoms with Gasteiger partial charge in [-0.15, -0.1) is 0 Å². The number of aromatic nitrogens is 1. The van der Waals surface area contributed by atoms with Gasteiger partial charge in [-0.1, -0.05) is 36.7 Å². The number of piperidine rings is 1. The summed E-state index contributed by atoms with van der Waals surface area (Å²) in [7, 11) is 0. The van der Waals surface area contributed by atoms with E-state index in [0.717, 1.165) is 31.5 Å². The Hall–Kier alpha value is -2.11. The van der Waals surface area contributed by atoms with Crippen LogP contribution in [0.3, 0.4) is 0 Å². The van der Waals surface area contributed by atoms with Crippen LogP contribution in [0.5, 0.6) is 0 Å². The third-order valence-electron chi connectivity index (χ3n) is 5.03. The quantitative estimate of drug-likeness (QED) is 0.847. The second kappa shape index (κ2) is 8.06. The Morgan fingerprint density at radius 1 is 1.23 bits per heavy atom. The van der Waals surface area contributed by atoms with E-state index in [4.69, 9.17) is 11.6 Å². The Balaban J connectivity index is 1.71. The van der Waals surface area contributed by atoms with Crippen LogP contribution in [0, 0.1) is 5.41 Å². The van der Waals surface area contributed by atoms with Gasteiger partial charge in [0, 0.05) is 23.8 Å². The van der Waals surface area contributed by atoms with Crippen LogP contribution in [0.25, 0.3) is 0 Å². The molecule has 5 nitrogen and oxygen atoms in total. The zero-order valence-electron chi connectivity index (χ0n) is 14.9. The molecule has 138 valence electrons. The normalized spacial score (nSPS) is 16.2. The molecule has 0 unspecified atom stereocenters. The number of pyridine rings is 1. The summed E-state index contributed by atoms with van der Waals surface area (Å²) in [6.07, 6.45) is 3.68. The molecule has 3 rings (SSSR count). The lowest BCUT2D eigenvalue weighted by Crippen LogP contribution is -2.43. The van der Waals surface area contributed by atoms with Crippen molar-refractivity contribution in [1.82, 2.24) is 15.2 Å². The summed E-state index contributed by atoms with van der Waals surface area (Å²) < 4.78 is 1.52. The van der Waals surface area contributed by atoms with Crippen molar-refractivity contribution in [2.75, 3.05) is 19.6 Å². The molecule has 1 aromatic carbocycles. The summed E-state index contributed by atoms with van der Waals surface area (Å²) in [6.45, 7) is 5.14. The zero-order chi connectivity index (χ0) is 18.6. The molecule has 0 atom stereocenters. The standard InChI is InChI=1S/C20H24ClN3O2/c1-20(8-10-22-11-9-20)14-23-19(26)16-6-7-18(25)24(13-16)12-15-4-2-3-5-17(15)21/h2-7,13,22H,8-12,14H2,1H3,(H,23,26). The fraction of sp³-hybridized carbons (Fsp3) is 0.400. The second-order valence-electron chi connectivity index (χ2n) is 7.22. The number of hydrogen-bond acceptors (Lipinski definition) is 3. The van der Waals surface area contributed by atoms with E-state index in [9.17, 15) is 9.59 Å². The van der Waals surface area contributed by atoms with Crippen molar-refractivity contribution in [3.05, 3.63) is 69.1 Å². The Morgan fingerprint density at radius 2 is 1.96 bits per heavy atom. The molecule has 1 fully saturated rings. The number of rotatable bonds is 5. The SMILES string of the molecule is CC1(CNC(=O)c2ccc(=O)n(Cc3ccccc3Cl)c2)CCNCC1. The van der Waals surface area contributed by atoms with Crippen LogP contribution >= 0.6 is 11.6 Å². The van der Waals surface area contributed by atoms with Gasteiger partial charge < -0.3 is 15.2 Å². The molecule has 26 heavy (non-hydrogen) atoms. The topological polar surface area (TPSA) is 63.1 Å². The van der Waals surface area contributed by atoms with Crippen molar-refractivity contribution >= 4 is 17.5 Å². The van der Waals surface area contributed by atoms with E-state index >= 15 is 0 Å². The van der Waals surface area contributed by atoms with Crippen LogP contribution in [0.15, 0.2) is 47.4 Å². The predicted octanol–water partition coefficient (Wildman–Crippen LogP) is 2.67. The van der Waals surface area contributed by atoms with Crippen LogP contribution in [-0.4, -0.2) is 30.1 Å². The van der Waals surface area contributed by atoms with Gasteiger partial charge in [-0.25, -0.2) is 0 Å². The Labute approximate surface area is 158 Å². The van der Waals surface area contributed by atoms with Gasteiger partial charge >= 0.3 is 0 Å². The molecule has 1 saturated heterocycles. The lowest BCUT2D eigenvalue weighted by Gasteiger charge is -2.34. The second-order valence-corrected chi connectivity index (χ2v) is 7.63.